The Bertz CT molecular complexity index is 249. The maximum atomic E-state index is 6.25. The molecule has 0 saturated carbocycles. The van der Waals surface area contributed by atoms with E-state index in [0.29, 0.717) is 0 Å². The smallest absolute Gasteiger partial charge is 0 e. The van der Waals surface area contributed by atoms with Crippen LogP contribution in [0.15, 0.2) is 24.8 Å². The molecule has 110 valence electrons. The first-order chi connectivity index (χ1) is 8.58. The first-order valence-electron chi connectivity index (χ1n) is 4.97. The van der Waals surface area contributed by atoms with E-state index in [2.05, 4.69) is 0 Å². The van der Waals surface area contributed by atoms with E-state index in [1.807, 2.05) is 85.9 Å². The van der Waals surface area contributed by atoms with Crippen molar-refractivity contribution in [3.8, 4) is 0 Å². The molecule has 2 rings (SSSR count). The molecular formula is C12H18N6Ni-4. The molecule has 2 aliphatic rings. The third kappa shape index (κ3) is 12.4. The van der Waals surface area contributed by atoms with Crippen LogP contribution in [0.1, 0.15) is 0 Å². The van der Waals surface area contributed by atoms with E-state index in [0.717, 1.165) is 0 Å². The van der Waals surface area contributed by atoms with Crippen molar-refractivity contribution >= 4 is 0 Å². The first-order valence-corrected chi connectivity index (χ1v) is 4.97. The fraction of sp³-hybridized carbons (Fsp3) is 0.333. The summed E-state index contributed by atoms with van der Waals surface area (Å²) < 4.78 is 0. The maximum Gasteiger partial charge on any atom is 0 e. The van der Waals surface area contributed by atoms with E-state index in [-0.39, 0.29) is 16.5 Å². The minimum Gasteiger partial charge on any atom is -0.512 e. The van der Waals surface area contributed by atoms with Gasteiger partial charge < -0.3 is 43.3 Å². The van der Waals surface area contributed by atoms with E-state index in [9.17, 15) is 0 Å². The number of hydrogen-bond donors (Lipinski definition) is 0. The Morgan fingerprint density at radius 2 is 0.789 bits per heavy atom. The molecular weight excluding hydrogens is 287 g/mol. The van der Waals surface area contributed by atoms with Crippen LogP contribution in [0.25, 0.3) is 0 Å². The Labute approximate surface area is 126 Å². The summed E-state index contributed by atoms with van der Waals surface area (Å²) in [5.41, 5.74) is 0. The zero-order chi connectivity index (χ0) is 14.6. The zero-order valence-corrected chi connectivity index (χ0v) is 12.5. The summed E-state index contributed by atoms with van der Waals surface area (Å²) >= 11 is 0. The van der Waals surface area contributed by atoms with E-state index < -0.39 is 0 Å². The second-order valence-corrected chi connectivity index (χ2v) is 3.49. The Kier molecular flexibility index (Phi) is 16.7. The van der Waals surface area contributed by atoms with E-state index in [1.54, 1.807) is 0 Å². The Hall–Kier alpha value is -1.85. The van der Waals surface area contributed by atoms with Crippen LogP contribution in [0.5, 0.6) is 0 Å². The van der Waals surface area contributed by atoms with Gasteiger partial charge in [0.2, 0.25) is 0 Å². The number of hydrogen-bond acceptors (Lipinski definition) is 6. The van der Waals surface area contributed by atoms with Gasteiger partial charge in [-0.15, -0.1) is 0 Å². The van der Waals surface area contributed by atoms with Crippen LogP contribution in [-0.2, 0) is 16.5 Å². The third-order valence-electron chi connectivity index (χ3n) is 1.80. The van der Waals surface area contributed by atoms with Gasteiger partial charge in [-0.1, -0.05) is 0 Å². The molecule has 0 radical (unpaired) electrons. The molecule has 0 aliphatic carbocycles. The second-order valence-electron chi connectivity index (χ2n) is 3.49. The van der Waals surface area contributed by atoms with Gasteiger partial charge in [0.25, 0.3) is 0 Å². The molecule has 0 unspecified atom stereocenters. The van der Waals surface area contributed by atoms with Crippen molar-refractivity contribution in [2.75, 3.05) is 28.2 Å². The van der Waals surface area contributed by atoms with Crippen LogP contribution < -0.4 is 0 Å². The van der Waals surface area contributed by atoms with Crippen LogP contribution in [-0.4, -0.2) is 47.8 Å². The van der Waals surface area contributed by atoms with Crippen LogP contribution in [0.4, 0.5) is 0 Å². The predicted molar refractivity (Wildman–Crippen MR) is 67.9 cm³/mol. The summed E-state index contributed by atoms with van der Waals surface area (Å²) in [5, 5.41) is 12.5. The van der Waals surface area contributed by atoms with Gasteiger partial charge in [0.05, 0.1) is 0 Å². The zero-order valence-electron chi connectivity index (χ0n) is 11.5. The Morgan fingerprint density at radius 3 is 0.842 bits per heavy atom. The number of rotatable bonds is 0. The Morgan fingerprint density at radius 1 is 0.632 bits per heavy atom. The van der Waals surface area contributed by atoms with Crippen molar-refractivity contribution in [3.05, 3.63) is 51.3 Å². The molecule has 0 amide bonds. The molecule has 19 heavy (non-hydrogen) atoms. The fourth-order valence-corrected chi connectivity index (χ4v) is 1.15. The molecule has 2 aliphatic heterocycles. The first kappa shape index (κ1) is 22.3. The maximum absolute atomic E-state index is 6.25. The molecule has 7 heteroatoms. The van der Waals surface area contributed by atoms with Crippen LogP contribution in [0, 0.1) is 37.0 Å². The summed E-state index contributed by atoms with van der Waals surface area (Å²) in [6, 6.07) is 0. The minimum atomic E-state index is 0. The van der Waals surface area contributed by atoms with Gasteiger partial charge >= 0.3 is 0 Å². The predicted octanol–water partition coefficient (Wildman–Crippen LogP) is 1.10. The van der Waals surface area contributed by atoms with Crippen LogP contribution in [0.3, 0.4) is 0 Å². The summed E-state index contributed by atoms with van der Waals surface area (Å²) in [5.74, 6) is 0. The summed E-state index contributed by atoms with van der Waals surface area (Å²) in [6.07, 6.45) is 8.00. The molecule has 2 heterocycles. The molecule has 0 saturated heterocycles. The fourth-order valence-electron chi connectivity index (χ4n) is 1.15. The molecule has 0 bridgehead atoms. The quantitative estimate of drug-likeness (QED) is 0.493. The van der Waals surface area contributed by atoms with Crippen molar-refractivity contribution in [2.45, 2.75) is 0 Å². The standard InChI is InChI=1S/2C5H9N2.2CN.Ni/c2*1-6-3-4-7(2)5-6;2*1-2;/h2*3-5H,1-2H3;;;/q4*-1;. The largest absolute Gasteiger partial charge is 0.512 e. The SMILES string of the molecule is CN1C=CN(C)[CH-]1.CN1C=CN(C)[CH-]1.[C-]#N.[C-]#N.[Ni]. The van der Waals surface area contributed by atoms with Gasteiger partial charge in [-0.25, -0.2) is 0 Å². The molecule has 0 spiro atoms. The van der Waals surface area contributed by atoms with Crippen molar-refractivity contribution in [2.24, 2.45) is 0 Å². The van der Waals surface area contributed by atoms with Crippen molar-refractivity contribution in [1.29, 1.82) is 10.5 Å². The molecule has 6 nitrogen and oxygen atoms in total. The molecule has 0 aromatic carbocycles. The summed E-state index contributed by atoms with van der Waals surface area (Å²) in [4.78, 5) is 8.00. The average molecular weight is 305 g/mol. The van der Waals surface area contributed by atoms with Gasteiger partial charge in [0.15, 0.2) is 0 Å². The van der Waals surface area contributed by atoms with Crippen molar-refractivity contribution in [1.82, 2.24) is 19.6 Å². The monoisotopic (exact) mass is 304 g/mol. The van der Waals surface area contributed by atoms with Gasteiger partial charge in [-0.05, 0) is 53.0 Å². The summed E-state index contributed by atoms with van der Waals surface area (Å²) in [7, 11) is 8.00. The van der Waals surface area contributed by atoms with E-state index >= 15 is 0 Å². The number of nitrogens with zero attached hydrogens (tertiary/aromatic N) is 6. The Balaban J connectivity index is -0.000000205. The molecule has 0 fully saturated rings. The van der Waals surface area contributed by atoms with Gasteiger partial charge in [-0.2, -0.15) is 13.3 Å². The minimum absolute atomic E-state index is 0. The van der Waals surface area contributed by atoms with Gasteiger partial charge in [0, 0.05) is 16.5 Å². The topological polar surface area (TPSA) is 60.5 Å². The van der Waals surface area contributed by atoms with Crippen molar-refractivity contribution in [3.63, 3.8) is 0 Å². The van der Waals surface area contributed by atoms with Crippen LogP contribution >= 0.6 is 0 Å². The van der Waals surface area contributed by atoms with Gasteiger partial charge in [0.1, 0.15) is 0 Å². The molecule has 0 aromatic rings. The van der Waals surface area contributed by atoms with E-state index in [1.165, 1.54) is 0 Å². The van der Waals surface area contributed by atoms with E-state index in [4.69, 9.17) is 23.7 Å². The molecule has 0 N–H and O–H groups in total. The molecule has 0 aromatic heterocycles. The van der Waals surface area contributed by atoms with Crippen molar-refractivity contribution < 1.29 is 16.5 Å². The normalized spacial score (nSPS) is 14.3. The molecule has 0 atom stereocenters. The third-order valence-corrected chi connectivity index (χ3v) is 1.80. The van der Waals surface area contributed by atoms with Gasteiger partial charge in [-0.3, -0.25) is 0 Å². The second kappa shape index (κ2) is 14.2. The average Bonchev–Trinajstić information content (AvgIpc) is 2.93. The van der Waals surface area contributed by atoms with Crippen LogP contribution in [0.2, 0.25) is 0 Å². The summed E-state index contributed by atoms with van der Waals surface area (Å²) in [6.45, 7) is 13.5.